The second-order valence-corrected chi connectivity index (χ2v) is 7.96. The number of hydrogen-bond donors (Lipinski definition) is 2. The molecule has 0 radical (unpaired) electrons. The fourth-order valence-electron chi connectivity index (χ4n) is 3.05. The number of fused-ring (bicyclic) bond motifs is 1. The lowest BCUT2D eigenvalue weighted by Crippen LogP contribution is -2.36. The molecular weight excluding hydrogens is 406 g/mol. The second-order valence-electron chi connectivity index (χ2n) is 6.82. The molecule has 0 saturated carbocycles. The van der Waals surface area contributed by atoms with Crippen molar-refractivity contribution in [3.05, 3.63) is 23.3 Å². The summed E-state index contributed by atoms with van der Waals surface area (Å²) in [5, 5.41) is 2.89. The van der Waals surface area contributed by atoms with Gasteiger partial charge in [-0.05, 0) is 13.0 Å². The van der Waals surface area contributed by atoms with Crippen LogP contribution < -0.4 is 16.0 Å². The largest absolute Gasteiger partial charge is 0.378 e. The third-order valence-electron chi connectivity index (χ3n) is 4.81. The van der Waals surface area contributed by atoms with E-state index in [0.29, 0.717) is 31.1 Å². The van der Waals surface area contributed by atoms with Crippen molar-refractivity contribution >= 4 is 39.2 Å². The van der Waals surface area contributed by atoms with Crippen molar-refractivity contribution in [3.63, 3.8) is 0 Å². The van der Waals surface area contributed by atoms with E-state index in [0.717, 1.165) is 34.0 Å². The first-order valence-corrected chi connectivity index (χ1v) is 10.4. The summed E-state index contributed by atoms with van der Waals surface area (Å²) in [6.07, 6.45) is 2.73. The molecule has 3 aromatic rings. The molecule has 0 bridgehead atoms. The highest BCUT2D eigenvalue weighted by Crippen LogP contribution is 2.34. The Morgan fingerprint density at radius 2 is 2.07 bits per heavy atom. The van der Waals surface area contributed by atoms with Gasteiger partial charge in [-0.3, -0.25) is 4.79 Å². The van der Waals surface area contributed by atoms with Crippen LogP contribution in [0.15, 0.2) is 18.5 Å². The van der Waals surface area contributed by atoms with Gasteiger partial charge in [-0.25, -0.2) is 19.9 Å². The number of morpholine rings is 1. The van der Waals surface area contributed by atoms with E-state index in [2.05, 4.69) is 20.2 Å². The summed E-state index contributed by atoms with van der Waals surface area (Å²) in [6, 6.07) is 1.98. The van der Waals surface area contributed by atoms with Crippen LogP contribution in [-0.2, 0) is 20.8 Å². The Morgan fingerprint density at radius 1 is 1.33 bits per heavy atom. The standard InChI is InChI=1S/C19H23N7O3S/c1-11(28-2)18(27)21-10-13-7-14-15(30-13)17(26-3-5-29-6-4-26)25-16(24-14)12-8-22-19(20)23-9-12/h7-9,11H,3-6,10H2,1-2H3,(H,21,27)(H2,20,22,23). The molecule has 10 nitrogen and oxygen atoms in total. The van der Waals surface area contributed by atoms with Gasteiger partial charge in [0.15, 0.2) is 11.6 Å². The zero-order valence-electron chi connectivity index (χ0n) is 16.8. The van der Waals surface area contributed by atoms with Crippen LogP contribution in [0.4, 0.5) is 11.8 Å². The van der Waals surface area contributed by atoms with Crippen LogP contribution in [0.25, 0.3) is 21.6 Å². The van der Waals surface area contributed by atoms with Gasteiger partial charge in [0.05, 0.1) is 35.5 Å². The molecule has 3 aromatic heterocycles. The number of ether oxygens (including phenoxy) is 2. The zero-order valence-corrected chi connectivity index (χ0v) is 17.6. The Morgan fingerprint density at radius 3 is 2.77 bits per heavy atom. The number of nitrogens with two attached hydrogens (primary N) is 1. The van der Waals surface area contributed by atoms with Gasteiger partial charge < -0.3 is 25.4 Å². The third kappa shape index (κ3) is 4.32. The number of amides is 1. The van der Waals surface area contributed by atoms with Gasteiger partial charge in [-0.2, -0.15) is 0 Å². The molecule has 0 aromatic carbocycles. The lowest BCUT2D eigenvalue weighted by molar-refractivity contribution is -0.130. The number of rotatable bonds is 6. The quantitative estimate of drug-likeness (QED) is 0.594. The van der Waals surface area contributed by atoms with Gasteiger partial charge in [0.25, 0.3) is 0 Å². The van der Waals surface area contributed by atoms with E-state index in [1.807, 2.05) is 6.07 Å². The monoisotopic (exact) mass is 429 g/mol. The second kappa shape index (κ2) is 8.86. The van der Waals surface area contributed by atoms with Gasteiger partial charge in [-0.15, -0.1) is 11.3 Å². The number of nitrogen functional groups attached to an aromatic ring is 1. The maximum absolute atomic E-state index is 12.0. The van der Waals surface area contributed by atoms with Crippen LogP contribution in [0.2, 0.25) is 0 Å². The Hall–Kier alpha value is -2.89. The topological polar surface area (TPSA) is 128 Å². The molecule has 158 valence electrons. The molecule has 30 heavy (non-hydrogen) atoms. The summed E-state index contributed by atoms with van der Waals surface area (Å²) >= 11 is 1.57. The number of carbonyl (C=O) groups excluding carboxylic acids is 1. The fraction of sp³-hybridized carbons (Fsp3) is 0.421. The molecule has 4 heterocycles. The van der Waals surface area contributed by atoms with E-state index in [-0.39, 0.29) is 11.9 Å². The molecular formula is C19H23N7O3S. The number of thiophene rings is 1. The number of anilines is 2. The molecule has 0 spiro atoms. The van der Waals surface area contributed by atoms with E-state index in [9.17, 15) is 4.79 Å². The molecule has 1 aliphatic heterocycles. The zero-order chi connectivity index (χ0) is 21.1. The lowest BCUT2D eigenvalue weighted by Gasteiger charge is -2.28. The van der Waals surface area contributed by atoms with Crippen LogP contribution in [0.1, 0.15) is 11.8 Å². The van der Waals surface area contributed by atoms with Gasteiger partial charge in [0.1, 0.15) is 6.10 Å². The van der Waals surface area contributed by atoms with Crippen molar-refractivity contribution < 1.29 is 14.3 Å². The van der Waals surface area contributed by atoms with Gasteiger partial charge in [0, 0.05) is 37.5 Å². The first-order chi connectivity index (χ1) is 14.5. The van der Waals surface area contributed by atoms with Crippen LogP contribution in [0.5, 0.6) is 0 Å². The maximum atomic E-state index is 12.0. The number of hydrogen-bond acceptors (Lipinski definition) is 10. The lowest BCUT2D eigenvalue weighted by atomic mass is 10.3. The minimum absolute atomic E-state index is 0.158. The summed E-state index contributed by atoms with van der Waals surface area (Å²) in [5.41, 5.74) is 7.11. The highest BCUT2D eigenvalue weighted by atomic mass is 32.1. The Labute approximate surface area is 177 Å². The number of carbonyl (C=O) groups is 1. The molecule has 1 fully saturated rings. The first kappa shape index (κ1) is 20.4. The summed E-state index contributed by atoms with van der Waals surface area (Å²) in [6.45, 7) is 4.90. The molecule has 11 heteroatoms. The average Bonchev–Trinajstić information content (AvgIpc) is 3.20. The van der Waals surface area contributed by atoms with Crippen molar-refractivity contribution in [2.24, 2.45) is 0 Å². The van der Waals surface area contributed by atoms with Crippen LogP contribution in [-0.4, -0.2) is 65.4 Å². The van der Waals surface area contributed by atoms with E-state index >= 15 is 0 Å². The first-order valence-electron chi connectivity index (χ1n) is 9.56. The molecule has 4 rings (SSSR count). The highest BCUT2D eigenvalue weighted by molar-refractivity contribution is 7.19. The van der Waals surface area contributed by atoms with E-state index in [1.54, 1.807) is 30.7 Å². The average molecular weight is 430 g/mol. The maximum Gasteiger partial charge on any atom is 0.249 e. The molecule has 1 atom stereocenters. The molecule has 0 aliphatic carbocycles. The van der Waals surface area contributed by atoms with Crippen molar-refractivity contribution in [3.8, 4) is 11.4 Å². The Balaban J connectivity index is 1.70. The number of methoxy groups -OCH3 is 1. The number of nitrogens with zero attached hydrogens (tertiary/aromatic N) is 5. The summed E-state index contributed by atoms with van der Waals surface area (Å²) in [7, 11) is 1.51. The number of nitrogens with one attached hydrogen (secondary N) is 1. The SMILES string of the molecule is COC(C)C(=O)NCc1cc2nc(-c3cnc(N)nc3)nc(N3CCOCC3)c2s1. The highest BCUT2D eigenvalue weighted by Gasteiger charge is 2.21. The third-order valence-corrected chi connectivity index (χ3v) is 5.93. The Kier molecular flexibility index (Phi) is 6.02. The molecule has 3 N–H and O–H groups in total. The molecule has 1 aliphatic rings. The smallest absolute Gasteiger partial charge is 0.249 e. The van der Waals surface area contributed by atoms with E-state index < -0.39 is 6.10 Å². The summed E-state index contributed by atoms with van der Waals surface area (Å²) in [5.74, 6) is 1.43. The van der Waals surface area contributed by atoms with Gasteiger partial charge >= 0.3 is 0 Å². The molecule has 1 unspecified atom stereocenters. The predicted octanol–water partition coefficient (Wildman–Crippen LogP) is 1.22. The Bertz CT molecular complexity index is 1030. The van der Waals surface area contributed by atoms with E-state index in [1.165, 1.54) is 7.11 Å². The van der Waals surface area contributed by atoms with Gasteiger partial charge in [-0.1, -0.05) is 0 Å². The van der Waals surface area contributed by atoms with Gasteiger partial charge in [0.2, 0.25) is 11.9 Å². The van der Waals surface area contributed by atoms with E-state index in [4.69, 9.17) is 25.2 Å². The molecule has 1 saturated heterocycles. The summed E-state index contributed by atoms with van der Waals surface area (Å²) in [4.78, 5) is 32.9. The van der Waals surface area contributed by atoms with Crippen LogP contribution in [0.3, 0.4) is 0 Å². The summed E-state index contributed by atoms with van der Waals surface area (Å²) < 4.78 is 11.5. The van der Waals surface area contributed by atoms with Crippen LogP contribution >= 0.6 is 11.3 Å². The molecule has 1 amide bonds. The minimum atomic E-state index is -0.500. The normalized spacial score (nSPS) is 15.3. The number of aromatic nitrogens is 4. The van der Waals surface area contributed by atoms with Crippen molar-refractivity contribution in [2.45, 2.75) is 19.6 Å². The van der Waals surface area contributed by atoms with Crippen molar-refractivity contribution in [1.29, 1.82) is 0 Å². The predicted molar refractivity (Wildman–Crippen MR) is 114 cm³/mol. The van der Waals surface area contributed by atoms with Crippen molar-refractivity contribution in [1.82, 2.24) is 25.3 Å². The van der Waals surface area contributed by atoms with Crippen LogP contribution in [0, 0.1) is 0 Å². The fourth-order valence-corrected chi connectivity index (χ4v) is 4.10. The minimum Gasteiger partial charge on any atom is -0.378 e. The van der Waals surface area contributed by atoms with Crippen molar-refractivity contribution in [2.75, 3.05) is 44.0 Å².